The lowest BCUT2D eigenvalue weighted by Crippen LogP contribution is -2.60. The fraction of sp³-hybridized carbons (Fsp3) is 0.385. The van der Waals surface area contributed by atoms with Crippen molar-refractivity contribution < 1.29 is 54.0 Å². The molecule has 18 nitrogen and oxygen atoms in total. The molecule has 0 radical (unpaired) electrons. The maximum absolute atomic E-state index is 13.4. The number of carboxylic acids is 2. The number of hydrogen-bond acceptors (Lipinski definition) is 14. The summed E-state index contributed by atoms with van der Waals surface area (Å²) < 4.78 is 0. The lowest BCUT2D eigenvalue weighted by atomic mass is 9.90. The Balaban J connectivity index is 1.31. The zero-order chi connectivity index (χ0) is 34.6. The first kappa shape index (κ1) is 33.5. The van der Waals surface area contributed by atoms with Gasteiger partial charge in [-0.15, -0.1) is 11.3 Å². The van der Waals surface area contributed by atoms with E-state index in [1.54, 1.807) is 0 Å². The monoisotopic (exact) mass is 711 g/mol. The van der Waals surface area contributed by atoms with Gasteiger partial charge in [0.2, 0.25) is 16.4 Å². The van der Waals surface area contributed by atoms with E-state index in [9.17, 15) is 49.2 Å². The van der Waals surface area contributed by atoms with Gasteiger partial charge in [0, 0.05) is 23.9 Å². The van der Waals surface area contributed by atoms with Crippen LogP contribution in [0.2, 0.25) is 5.02 Å². The number of carboxylic acid groups (broad SMARTS) is 2. The third-order valence-corrected chi connectivity index (χ3v) is 10.3. The fourth-order valence-electron chi connectivity index (χ4n) is 4.96. The smallest absolute Gasteiger partial charge is 0.350 e. The number of rotatable bonds is 11. The first-order chi connectivity index (χ1) is 22.0. The van der Waals surface area contributed by atoms with Crippen LogP contribution < -0.4 is 11.2 Å². The van der Waals surface area contributed by atoms with E-state index in [1.807, 2.05) is 0 Å². The van der Waals surface area contributed by atoms with Crippen LogP contribution in [0.25, 0.3) is 0 Å². The minimum atomic E-state index is -1.97. The highest BCUT2D eigenvalue weighted by Crippen LogP contribution is 2.53. The van der Waals surface area contributed by atoms with Crippen LogP contribution in [0.1, 0.15) is 36.3 Å². The summed E-state index contributed by atoms with van der Waals surface area (Å²) in [7, 11) is 0. The molecule has 4 amide bonds. The van der Waals surface area contributed by atoms with Crippen LogP contribution >= 0.6 is 34.7 Å². The number of nitrogen functional groups attached to an aromatic ring is 1. The highest BCUT2D eigenvalue weighted by Gasteiger charge is 2.66. The molecule has 0 bridgehead atoms. The number of nitrogens with zero attached hydrogens (tertiary/aromatic N) is 5. The van der Waals surface area contributed by atoms with Gasteiger partial charge in [-0.2, -0.15) is 0 Å². The van der Waals surface area contributed by atoms with Crippen LogP contribution in [0.4, 0.5) is 9.93 Å². The van der Waals surface area contributed by atoms with Crippen LogP contribution in [-0.2, 0) is 24.0 Å². The number of halogens is 1. The summed E-state index contributed by atoms with van der Waals surface area (Å²) >= 11 is 7.59. The van der Waals surface area contributed by atoms with Crippen molar-refractivity contribution in [3.05, 3.63) is 33.8 Å². The maximum atomic E-state index is 13.4. The number of urea groups is 1. The zero-order valence-corrected chi connectivity index (χ0v) is 26.8. The van der Waals surface area contributed by atoms with Crippen LogP contribution in [0, 0.1) is 5.92 Å². The molecular weight excluding hydrogens is 686 g/mol. The zero-order valence-electron chi connectivity index (χ0n) is 24.4. The first-order valence-electron chi connectivity index (χ1n) is 13.5. The minimum absolute atomic E-state index is 0.00383. The largest absolute Gasteiger partial charge is 0.504 e. The number of carbonyl (C=O) groups is 6. The average molecular weight is 712 g/mol. The number of aromatic hydroxyl groups is 2. The van der Waals surface area contributed by atoms with Gasteiger partial charge >= 0.3 is 18.0 Å². The fourth-order valence-corrected chi connectivity index (χ4v) is 7.41. The Bertz CT molecular complexity index is 1730. The number of anilines is 1. The van der Waals surface area contributed by atoms with Crippen molar-refractivity contribution in [1.82, 2.24) is 25.2 Å². The van der Waals surface area contributed by atoms with Gasteiger partial charge in [-0.3, -0.25) is 24.7 Å². The van der Waals surface area contributed by atoms with Gasteiger partial charge in [0.15, 0.2) is 28.1 Å². The van der Waals surface area contributed by atoms with Crippen LogP contribution in [0.5, 0.6) is 11.5 Å². The predicted octanol–water partition coefficient (Wildman–Crippen LogP) is 0.728. The number of fused-ring (bicyclic) bond motifs is 1. The second kappa shape index (κ2) is 12.1. The third-order valence-electron chi connectivity index (χ3n) is 7.59. The summed E-state index contributed by atoms with van der Waals surface area (Å²) in [5.74, 6) is -7.30. The summed E-state index contributed by atoms with van der Waals surface area (Å²) in [5, 5.41) is 44.0. The number of β-lactam (4-membered cyclic amide) rings is 1. The number of oxime groups is 1. The highest BCUT2D eigenvalue weighted by atomic mass is 35.5. The minimum Gasteiger partial charge on any atom is -0.504 e. The topological polar surface area (TPSA) is 266 Å². The van der Waals surface area contributed by atoms with Gasteiger partial charge in [-0.05, 0) is 26.0 Å². The normalized spacial score (nSPS) is 22.6. The standard InChI is InChI=1S/C26H26ClN7O11S2/c1-25(2,21(40)41)45-31-16(13-8-46-23(28)29-13)14(35)7-11-19(39)32-9-26(22(42)43,47-20(11)32)33-3-4-34(24(33)44)30-18(38)10-5-12(27)17(37)15(36)6-10/h5-6,8,11,20,36-37H,3-4,7,9H2,1-2H3,(H2,28,29)(H,30,38)(H,40,41)(H,42,43)/b31-16-/t11?,20-,26-/m1/s1. The number of nitrogens with one attached hydrogen (secondary N) is 1. The number of hydrogen-bond donors (Lipinski definition) is 6. The highest BCUT2D eigenvalue weighted by molar-refractivity contribution is 8.02. The molecule has 1 unspecified atom stereocenters. The van der Waals surface area contributed by atoms with E-state index in [0.29, 0.717) is 0 Å². The van der Waals surface area contributed by atoms with E-state index in [4.69, 9.17) is 22.2 Å². The molecule has 3 aliphatic heterocycles. The Morgan fingerprint density at radius 1 is 1.21 bits per heavy atom. The Morgan fingerprint density at radius 2 is 1.91 bits per heavy atom. The Kier molecular flexibility index (Phi) is 8.62. The molecule has 47 heavy (non-hydrogen) atoms. The van der Waals surface area contributed by atoms with E-state index in [0.717, 1.165) is 45.1 Å². The summed E-state index contributed by atoms with van der Waals surface area (Å²) in [5.41, 5.74) is 5.62. The number of thiazole rings is 1. The van der Waals surface area contributed by atoms with E-state index in [1.165, 1.54) is 24.1 Å². The molecule has 3 saturated heterocycles. The number of carbonyl (C=O) groups excluding carboxylic acids is 4. The number of nitrogens with two attached hydrogens (primary N) is 1. The number of phenolic OH excluding ortho intramolecular Hbond substituents is 2. The summed E-state index contributed by atoms with van der Waals surface area (Å²) in [6.45, 7) is 1.73. The van der Waals surface area contributed by atoms with Crippen molar-refractivity contribution in [2.24, 2.45) is 11.1 Å². The molecule has 0 spiro atoms. The lowest BCUT2D eigenvalue weighted by molar-refractivity contribution is -0.161. The van der Waals surface area contributed by atoms with Crippen LogP contribution in [0.15, 0.2) is 22.7 Å². The Labute approximate surface area is 277 Å². The van der Waals surface area contributed by atoms with E-state index < -0.39 is 81.8 Å². The van der Waals surface area contributed by atoms with Gasteiger partial charge in [0.25, 0.3) is 5.91 Å². The molecule has 3 fully saturated rings. The number of amides is 4. The average Bonchev–Trinajstić information content (AvgIpc) is 3.70. The molecule has 1 aromatic carbocycles. The summed E-state index contributed by atoms with van der Waals surface area (Å²) in [6.07, 6.45) is -0.464. The van der Waals surface area contributed by atoms with Crippen molar-refractivity contribution in [1.29, 1.82) is 0 Å². The second-order valence-electron chi connectivity index (χ2n) is 11.1. The Hall–Kier alpha value is -4.82. The number of ketones is 1. The maximum Gasteiger partial charge on any atom is 0.350 e. The molecule has 3 atom stereocenters. The van der Waals surface area contributed by atoms with Gasteiger partial charge in [-0.1, -0.05) is 28.5 Å². The predicted molar refractivity (Wildman–Crippen MR) is 163 cm³/mol. The molecule has 0 aliphatic carbocycles. The van der Waals surface area contributed by atoms with Gasteiger partial charge < -0.3 is 35.9 Å². The van der Waals surface area contributed by atoms with Crippen molar-refractivity contribution in [3.8, 4) is 11.5 Å². The number of benzene rings is 1. The lowest BCUT2D eigenvalue weighted by Gasteiger charge is -2.40. The molecule has 250 valence electrons. The number of Topliss-reactive ketones (excluding diaryl/α,β-unsaturated/α-hetero) is 1. The Morgan fingerprint density at radius 3 is 2.51 bits per heavy atom. The molecular formula is C26H26ClN7O11S2. The third kappa shape index (κ3) is 5.94. The molecule has 21 heteroatoms. The molecule has 2 aromatic rings. The van der Waals surface area contributed by atoms with Crippen LogP contribution in [0.3, 0.4) is 0 Å². The van der Waals surface area contributed by atoms with Gasteiger partial charge in [0.05, 0.1) is 29.4 Å². The van der Waals surface area contributed by atoms with Crippen molar-refractivity contribution in [3.63, 3.8) is 0 Å². The number of phenols is 2. The van der Waals surface area contributed by atoms with Crippen LogP contribution in [-0.4, -0.2) is 117 Å². The van der Waals surface area contributed by atoms with E-state index in [-0.39, 0.29) is 40.2 Å². The van der Waals surface area contributed by atoms with Gasteiger partial charge in [-0.25, -0.2) is 24.4 Å². The molecule has 1 aromatic heterocycles. The molecule has 5 rings (SSSR count). The number of hydrazine groups is 1. The first-order valence-corrected chi connectivity index (χ1v) is 15.7. The molecule has 3 aliphatic rings. The van der Waals surface area contributed by atoms with Crippen molar-refractivity contribution in [2.75, 3.05) is 25.4 Å². The quantitative estimate of drug-likeness (QED) is 0.0812. The molecule has 7 N–H and O–H groups in total. The SMILES string of the molecule is CC(C)(O/N=C(\C(=O)CC1C(=O)N2C[C@@](C(=O)O)(N3CCN(NC(=O)c4cc(O)c(O)c(Cl)c4)C3=O)S[C@H]12)c1csc(N)n1)C(=O)O. The molecule has 0 saturated carbocycles. The number of aliphatic carboxylic acids is 2. The second-order valence-corrected chi connectivity index (χ2v) is 13.8. The number of thioether (sulfide) groups is 1. The van der Waals surface area contributed by atoms with E-state index >= 15 is 0 Å². The number of aromatic nitrogens is 1. The van der Waals surface area contributed by atoms with Crippen molar-refractivity contribution in [2.45, 2.75) is 36.1 Å². The summed E-state index contributed by atoms with van der Waals surface area (Å²) in [6, 6.07) is 1.10. The molecule has 4 heterocycles. The summed E-state index contributed by atoms with van der Waals surface area (Å²) in [4.78, 5) is 86.3. The van der Waals surface area contributed by atoms with E-state index in [2.05, 4.69) is 15.6 Å². The van der Waals surface area contributed by atoms with Gasteiger partial charge in [0.1, 0.15) is 5.69 Å². The van der Waals surface area contributed by atoms with Crippen molar-refractivity contribution >= 4 is 81.1 Å².